The fourth-order valence-corrected chi connectivity index (χ4v) is 3.73. The zero-order valence-electron chi connectivity index (χ0n) is 18.1. The highest BCUT2D eigenvalue weighted by Crippen LogP contribution is 2.33. The Morgan fingerprint density at radius 2 is 1.52 bits per heavy atom. The SMILES string of the molecule is Cc1cc(-c2ccc(C(C)(C)c3ccc(-n4nc(C(N)=O)nc4C)cc3)cc2)ccn1. The van der Waals surface area contributed by atoms with Crippen LogP contribution in [0.5, 0.6) is 0 Å². The molecule has 0 aliphatic heterocycles. The molecule has 31 heavy (non-hydrogen) atoms. The van der Waals surface area contributed by atoms with E-state index in [1.807, 2.05) is 31.3 Å². The number of carbonyl (C=O) groups excluding carboxylic acids is 1. The third kappa shape index (κ3) is 3.97. The molecule has 0 bridgehead atoms. The predicted molar refractivity (Wildman–Crippen MR) is 121 cm³/mol. The third-order valence-electron chi connectivity index (χ3n) is 5.66. The van der Waals surface area contributed by atoms with Gasteiger partial charge in [0.15, 0.2) is 0 Å². The highest BCUT2D eigenvalue weighted by atomic mass is 16.1. The van der Waals surface area contributed by atoms with Gasteiger partial charge in [0.05, 0.1) is 5.69 Å². The average Bonchev–Trinajstić information content (AvgIpc) is 3.16. The number of rotatable bonds is 5. The topological polar surface area (TPSA) is 86.7 Å². The van der Waals surface area contributed by atoms with Crippen LogP contribution in [0.2, 0.25) is 0 Å². The standard InChI is InChI=1S/C25H25N5O/c1-16-15-19(13-14-27-16)18-5-7-20(8-6-18)25(3,4)21-9-11-22(12-10-21)30-17(2)28-24(29-30)23(26)31/h5-15H,1-4H3,(H2,26,31). The van der Waals surface area contributed by atoms with Gasteiger partial charge in [-0.25, -0.2) is 9.67 Å². The first-order valence-corrected chi connectivity index (χ1v) is 10.1. The second-order valence-electron chi connectivity index (χ2n) is 8.19. The normalized spacial score (nSPS) is 11.5. The Kier molecular flexibility index (Phi) is 5.15. The molecule has 0 saturated carbocycles. The number of primary amides is 1. The van der Waals surface area contributed by atoms with Crippen molar-refractivity contribution < 1.29 is 4.79 Å². The molecule has 0 aliphatic rings. The molecule has 156 valence electrons. The van der Waals surface area contributed by atoms with Crippen LogP contribution in [-0.4, -0.2) is 25.7 Å². The molecule has 0 unspecified atom stereocenters. The van der Waals surface area contributed by atoms with Crippen LogP contribution in [-0.2, 0) is 5.41 Å². The molecule has 0 atom stereocenters. The van der Waals surface area contributed by atoms with Crippen molar-refractivity contribution >= 4 is 5.91 Å². The summed E-state index contributed by atoms with van der Waals surface area (Å²) in [5.41, 5.74) is 11.7. The molecule has 2 N–H and O–H groups in total. The Morgan fingerprint density at radius 1 is 0.903 bits per heavy atom. The Bertz CT molecular complexity index is 1240. The number of nitrogens with two attached hydrogens (primary N) is 1. The number of carbonyl (C=O) groups is 1. The van der Waals surface area contributed by atoms with E-state index in [9.17, 15) is 4.79 Å². The first kappa shape index (κ1) is 20.5. The van der Waals surface area contributed by atoms with Gasteiger partial charge in [-0.15, -0.1) is 5.10 Å². The van der Waals surface area contributed by atoms with Gasteiger partial charge in [0.1, 0.15) is 5.82 Å². The Morgan fingerprint density at radius 3 is 2.06 bits per heavy atom. The third-order valence-corrected chi connectivity index (χ3v) is 5.66. The lowest BCUT2D eigenvalue weighted by Crippen LogP contribution is -2.19. The van der Waals surface area contributed by atoms with E-state index in [0.717, 1.165) is 11.4 Å². The highest BCUT2D eigenvalue weighted by Gasteiger charge is 2.23. The van der Waals surface area contributed by atoms with E-state index in [2.05, 4.69) is 71.4 Å². The first-order valence-electron chi connectivity index (χ1n) is 10.1. The Balaban J connectivity index is 1.61. The molecular formula is C25H25N5O. The molecule has 1 amide bonds. The Hall–Kier alpha value is -3.80. The fourth-order valence-electron chi connectivity index (χ4n) is 3.73. The zero-order chi connectivity index (χ0) is 22.2. The van der Waals surface area contributed by atoms with Crippen LogP contribution in [0, 0.1) is 13.8 Å². The minimum Gasteiger partial charge on any atom is -0.363 e. The fraction of sp³-hybridized carbons (Fsp3) is 0.200. The van der Waals surface area contributed by atoms with E-state index < -0.39 is 5.91 Å². The molecule has 2 heterocycles. The van der Waals surface area contributed by atoms with Crippen molar-refractivity contribution in [3.63, 3.8) is 0 Å². The van der Waals surface area contributed by atoms with E-state index in [4.69, 9.17) is 5.73 Å². The second-order valence-corrected chi connectivity index (χ2v) is 8.19. The lowest BCUT2D eigenvalue weighted by atomic mass is 9.78. The molecule has 6 heteroatoms. The van der Waals surface area contributed by atoms with Gasteiger partial charge in [-0.3, -0.25) is 9.78 Å². The van der Waals surface area contributed by atoms with Crippen LogP contribution < -0.4 is 5.73 Å². The van der Waals surface area contributed by atoms with Crippen molar-refractivity contribution in [3.8, 4) is 16.8 Å². The van der Waals surface area contributed by atoms with Gasteiger partial charge in [-0.1, -0.05) is 50.2 Å². The number of nitrogens with zero attached hydrogens (tertiary/aromatic N) is 4. The molecular weight excluding hydrogens is 386 g/mol. The molecule has 6 nitrogen and oxygen atoms in total. The Labute approximate surface area is 181 Å². The number of amides is 1. The van der Waals surface area contributed by atoms with Gasteiger partial charge in [0.25, 0.3) is 5.91 Å². The van der Waals surface area contributed by atoms with Crippen LogP contribution in [0.25, 0.3) is 16.8 Å². The van der Waals surface area contributed by atoms with E-state index in [0.29, 0.717) is 5.82 Å². The maximum Gasteiger partial charge on any atom is 0.288 e. The summed E-state index contributed by atoms with van der Waals surface area (Å²) in [7, 11) is 0. The summed E-state index contributed by atoms with van der Waals surface area (Å²) in [4.78, 5) is 19.7. The van der Waals surface area contributed by atoms with Crippen LogP contribution in [0.4, 0.5) is 0 Å². The number of pyridine rings is 1. The quantitative estimate of drug-likeness (QED) is 0.528. The van der Waals surface area contributed by atoms with Crippen LogP contribution in [0.3, 0.4) is 0 Å². The average molecular weight is 412 g/mol. The summed E-state index contributed by atoms with van der Waals surface area (Å²) in [6, 6.07) is 20.9. The van der Waals surface area contributed by atoms with Gasteiger partial charge in [-0.05, 0) is 60.4 Å². The summed E-state index contributed by atoms with van der Waals surface area (Å²) >= 11 is 0. The van der Waals surface area contributed by atoms with Gasteiger partial charge in [-0.2, -0.15) is 0 Å². The van der Waals surface area contributed by atoms with Crippen molar-refractivity contribution in [2.45, 2.75) is 33.1 Å². The molecule has 0 fully saturated rings. The van der Waals surface area contributed by atoms with Gasteiger partial charge < -0.3 is 5.73 Å². The van der Waals surface area contributed by atoms with Crippen LogP contribution >= 0.6 is 0 Å². The largest absolute Gasteiger partial charge is 0.363 e. The molecule has 2 aromatic carbocycles. The van der Waals surface area contributed by atoms with Crippen LogP contribution in [0.1, 0.15) is 47.1 Å². The summed E-state index contributed by atoms with van der Waals surface area (Å²) in [6.07, 6.45) is 1.84. The highest BCUT2D eigenvalue weighted by molar-refractivity contribution is 5.88. The maximum atomic E-state index is 11.4. The molecule has 0 aliphatic carbocycles. The van der Waals surface area contributed by atoms with E-state index in [1.54, 1.807) is 11.6 Å². The van der Waals surface area contributed by atoms with E-state index in [-0.39, 0.29) is 11.2 Å². The predicted octanol–water partition coefficient (Wildman–Crippen LogP) is 4.37. The monoisotopic (exact) mass is 411 g/mol. The minimum absolute atomic E-state index is 0.0198. The van der Waals surface area contributed by atoms with E-state index in [1.165, 1.54) is 22.3 Å². The van der Waals surface area contributed by atoms with Crippen molar-refractivity contribution in [3.05, 3.63) is 95.3 Å². The zero-order valence-corrected chi connectivity index (χ0v) is 18.1. The summed E-state index contributed by atoms with van der Waals surface area (Å²) in [6.45, 7) is 8.21. The van der Waals surface area contributed by atoms with Crippen molar-refractivity contribution in [1.29, 1.82) is 0 Å². The van der Waals surface area contributed by atoms with E-state index >= 15 is 0 Å². The number of hydrogen-bond acceptors (Lipinski definition) is 4. The smallest absolute Gasteiger partial charge is 0.288 e. The van der Waals surface area contributed by atoms with Gasteiger partial charge >= 0.3 is 0 Å². The van der Waals surface area contributed by atoms with Crippen LogP contribution in [0.15, 0.2) is 66.9 Å². The first-order chi connectivity index (χ1) is 14.8. The number of benzene rings is 2. The summed E-state index contributed by atoms with van der Waals surface area (Å²) in [5.74, 6) is -0.000823. The molecule has 2 aromatic heterocycles. The second kappa shape index (κ2) is 7.80. The number of aromatic nitrogens is 4. The molecule has 4 aromatic rings. The maximum absolute atomic E-state index is 11.4. The van der Waals surface area contributed by atoms with Crippen molar-refractivity contribution in [1.82, 2.24) is 19.7 Å². The molecule has 0 spiro atoms. The number of hydrogen-bond donors (Lipinski definition) is 1. The summed E-state index contributed by atoms with van der Waals surface area (Å²) < 4.78 is 1.63. The molecule has 0 saturated heterocycles. The minimum atomic E-state index is -0.634. The lowest BCUT2D eigenvalue weighted by molar-refractivity contribution is 0.0990. The van der Waals surface area contributed by atoms with Gasteiger partial charge in [0.2, 0.25) is 5.82 Å². The lowest BCUT2D eigenvalue weighted by Gasteiger charge is -2.26. The molecule has 0 radical (unpaired) electrons. The van der Waals surface area contributed by atoms with Crippen molar-refractivity contribution in [2.75, 3.05) is 0 Å². The summed E-state index contributed by atoms with van der Waals surface area (Å²) in [5, 5.41) is 4.20. The molecule has 4 rings (SSSR count). The number of aryl methyl sites for hydroxylation is 2. The van der Waals surface area contributed by atoms with Gasteiger partial charge in [0, 0.05) is 17.3 Å². The van der Waals surface area contributed by atoms with Crippen molar-refractivity contribution in [2.24, 2.45) is 5.73 Å².